The highest BCUT2D eigenvalue weighted by molar-refractivity contribution is 5.83. The predicted octanol–water partition coefficient (Wildman–Crippen LogP) is 4.85. The molecule has 17 nitrogen and oxygen atoms in total. The van der Waals surface area contributed by atoms with Gasteiger partial charge in [-0.1, -0.05) is 52.3 Å². The first kappa shape index (κ1) is 52.9. The summed E-state index contributed by atoms with van der Waals surface area (Å²) in [4.78, 5) is 65.7. The zero-order valence-electron chi connectivity index (χ0n) is 39.6. The lowest BCUT2D eigenvalue weighted by molar-refractivity contribution is -0.359. The molecule has 0 aromatic rings. The van der Waals surface area contributed by atoms with Gasteiger partial charge < -0.3 is 58.0 Å². The molecule has 4 rings (SSSR count). The van der Waals surface area contributed by atoms with Gasteiger partial charge in [-0.25, -0.2) is 9.59 Å². The maximum atomic E-state index is 13.6. The molecule has 3 N–H and O–H groups in total. The molecule has 3 saturated heterocycles. The first-order chi connectivity index (χ1) is 29.7. The molecule has 4 aliphatic rings. The van der Waals surface area contributed by atoms with Crippen LogP contribution in [0.4, 0.5) is 0 Å². The molecule has 0 saturated carbocycles. The van der Waals surface area contributed by atoms with Crippen LogP contribution in [0.5, 0.6) is 0 Å². The number of rotatable bonds is 8. The number of ether oxygens (including phenoxy) is 9. The highest BCUT2D eigenvalue weighted by atomic mass is 16.7. The minimum atomic E-state index is -2.40. The second kappa shape index (κ2) is 21.3. The van der Waals surface area contributed by atoms with Crippen molar-refractivity contribution < 1.29 is 81.9 Å². The molecule has 0 aromatic carbocycles. The number of cyclic esters (lactones) is 1. The molecule has 11 atom stereocenters. The maximum absolute atomic E-state index is 13.6. The Morgan fingerprint density at radius 3 is 2.14 bits per heavy atom. The number of methoxy groups -OCH3 is 3. The van der Waals surface area contributed by atoms with E-state index in [1.165, 1.54) is 34.3 Å². The Morgan fingerprint density at radius 2 is 1.55 bits per heavy atom. The molecule has 0 aromatic heterocycles. The van der Waals surface area contributed by atoms with Gasteiger partial charge in [0.25, 0.3) is 0 Å². The molecule has 0 spiro atoms. The van der Waals surface area contributed by atoms with Gasteiger partial charge in [0, 0.05) is 56.8 Å². The van der Waals surface area contributed by atoms with Gasteiger partial charge in [0.1, 0.15) is 12.2 Å². The summed E-state index contributed by atoms with van der Waals surface area (Å²) in [7, 11) is 3.92. The van der Waals surface area contributed by atoms with E-state index in [9.17, 15) is 39.3 Å². The number of hydrogen-bond donors (Lipinski definition) is 3. The monoisotopic (exact) mass is 908 g/mol. The van der Waals surface area contributed by atoms with Crippen LogP contribution in [0, 0.1) is 16.2 Å². The summed E-state index contributed by atoms with van der Waals surface area (Å²) in [5.74, 6) is -7.25. The summed E-state index contributed by atoms with van der Waals surface area (Å²) in [6.07, 6.45) is -3.32. The van der Waals surface area contributed by atoms with Crippen molar-refractivity contribution in [2.45, 2.75) is 193 Å². The summed E-state index contributed by atoms with van der Waals surface area (Å²) < 4.78 is 54.2. The third-order valence-electron chi connectivity index (χ3n) is 12.8. The first-order valence-corrected chi connectivity index (χ1v) is 22.2. The molecule has 0 aliphatic carbocycles. The number of aliphatic hydroxyl groups is 3. The van der Waals surface area contributed by atoms with Crippen molar-refractivity contribution in [2.75, 3.05) is 21.3 Å². The largest absolute Gasteiger partial charge is 0.466 e. The van der Waals surface area contributed by atoms with Crippen LogP contribution in [0.3, 0.4) is 0 Å². The Morgan fingerprint density at radius 1 is 0.891 bits per heavy atom. The van der Waals surface area contributed by atoms with Crippen LogP contribution in [0.2, 0.25) is 0 Å². The fourth-order valence-electron chi connectivity index (χ4n) is 8.81. The molecular formula is C47H72O17. The Balaban J connectivity index is 1.92. The van der Waals surface area contributed by atoms with Gasteiger partial charge in [0.15, 0.2) is 11.9 Å². The summed E-state index contributed by atoms with van der Waals surface area (Å²) in [6.45, 7) is 15.4. The Bertz CT molecular complexity index is 1770. The fraction of sp³-hybridized carbons (Fsp3) is 0.766. The van der Waals surface area contributed by atoms with Crippen LogP contribution in [-0.4, -0.2) is 133 Å². The van der Waals surface area contributed by atoms with Crippen molar-refractivity contribution in [2.24, 2.45) is 16.2 Å². The topological polar surface area (TPSA) is 229 Å². The molecule has 3 fully saturated rings. The zero-order chi connectivity index (χ0) is 48.0. The molecule has 4 aliphatic heterocycles. The molecule has 64 heavy (non-hydrogen) atoms. The van der Waals surface area contributed by atoms with Gasteiger partial charge in [-0.15, -0.1) is 0 Å². The lowest BCUT2D eigenvalue weighted by Gasteiger charge is -2.55. The smallest absolute Gasteiger partial charge is 0.330 e. The van der Waals surface area contributed by atoms with Crippen molar-refractivity contribution in [1.29, 1.82) is 0 Å². The van der Waals surface area contributed by atoms with Crippen molar-refractivity contribution in [3.8, 4) is 0 Å². The SMILES string of the molecule is CCCC(=O)O[C@H]1/C(=C/C(=O)OC)C[C@H]2C[C@H]([C@@H](C)O)OC(=O)C[C@H](O)C[C@@H]3C[C@H](OC(=O)C(C)(C)C)C(C)(C)[C@](OC)(C[C@@H]4C/C(=C/C(=O)OC)C[C@H](/C=C\C(C)(C)[C@]1(O)O2)O4)O3. The second-order valence-electron chi connectivity index (χ2n) is 19.7. The zero-order valence-corrected chi connectivity index (χ0v) is 39.6. The fourth-order valence-corrected chi connectivity index (χ4v) is 8.81. The van der Waals surface area contributed by atoms with E-state index in [0.717, 1.165) is 6.08 Å². The number of carbonyl (C=O) groups excluding carboxylic acids is 5. The maximum Gasteiger partial charge on any atom is 0.330 e. The van der Waals surface area contributed by atoms with E-state index >= 15 is 0 Å². The van der Waals surface area contributed by atoms with Gasteiger partial charge in [0.2, 0.25) is 5.79 Å². The Kier molecular flexibility index (Phi) is 17.6. The molecule has 4 heterocycles. The molecule has 0 radical (unpaired) electrons. The van der Waals surface area contributed by atoms with E-state index < -0.39 is 119 Å². The molecule has 17 heteroatoms. The summed E-state index contributed by atoms with van der Waals surface area (Å²) in [5, 5.41) is 35.3. The van der Waals surface area contributed by atoms with Gasteiger partial charge in [0.05, 0.1) is 68.1 Å². The summed E-state index contributed by atoms with van der Waals surface area (Å²) in [6, 6.07) is 0. The molecule has 362 valence electrons. The van der Waals surface area contributed by atoms with Gasteiger partial charge in [-0.05, 0) is 59.0 Å². The summed E-state index contributed by atoms with van der Waals surface area (Å²) in [5.41, 5.74) is -2.52. The number of carbonyl (C=O) groups is 5. The van der Waals surface area contributed by atoms with E-state index in [-0.39, 0.29) is 56.9 Å². The lowest BCUT2D eigenvalue weighted by atomic mass is 9.70. The quantitative estimate of drug-likeness (QED) is 0.128. The van der Waals surface area contributed by atoms with Gasteiger partial charge in [-0.2, -0.15) is 0 Å². The molecule has 0 unspecified atom stereocenters. The van der Waals surface area contributed by atoms with Crippen LogP contribution >= 0.6 is 0 Å². The van der Waals surface area contributed by atoms with Gasteiger partial charge >= 0.3 is 29.8 Å². The van der Waals surface area contributed by atoms with E-state index in [4.69, 9.17) is 42.6 Å². The Hall–Kier alpha value is -3.71. The number of fused-ring (bicyclic) bond motifs is 6. The van der Waals surface area contributed by atoms with E-state index in [2.05, 4.69) is 0 Å². The van der Waals surface area contributed by atoms with E-state index in [0.29, 0.717) is 12.0 Å². The number of hydrogen-bond acceptors (Lipinski definition) is 17. The van der Waals surface area contributed by atoms with Crippen molar-refractivity contribution in [3.63, 3.8) is 0 Å². The van der Waals surface area contributed by atoms with Crippen LogP contribution in [-0.2, 0) is 66.6 Å². The standard InChI is InChI=1S/C47H72O17/c1-13-14-37(50)62-41-29(21-39(52)57-11)20-32-24-35(27(2)48)60-40(53)23-30(49)22-33-25-36(61-42(54)43(3,4)5)45(8,9)46(58-12,63-33)26-34-18-28(19-38(51)56-10)17-31(59-34)15-16-44(6,7)47(41,55)64-32/h15-16,19,21,27,30-36,41,48-49,55H,13-14,17-18,20,22-26H2,1-12H3/b16-15-,28-19+,29-21+/t27-,30-,31+,32+,33-,34+,35-,36+,41+,46+,47-/m1/s1. The van der Waals surface area contributed by atoms with Crippen molar-refractivity contribution >= 4 is 29.8 Å². The van der Waals surface area contributed by atoms with Crippen LogP contribution in [0.25, 0.3) is 0 Å². The van der Waals surface area contributed by atoms with Crippen molar-refractivity contribution in [3.05, 3.63) is 35.5 Å². The highest BCUT2D eigenvalue weighted by Gasteiger charge is 2.60. The minimum Gasteiger partial charge on any atom is -0.466 e. The first-order valence-electron chi connectivity index (χ1n) is 22.2. The number of esters is 5. The molecule has 0 amide bonds. The summed E-state index contributed by atoms with van der Waals surface area (Å²) >= 11 is 0. The Labute approximate surface area is 377 Å². The van der Waals surface area contributed by atoms with Crippen LogP contribution in [0.1, 0.15) is 127 Å². The average molecular weight is 909 g/mol. The third kappa shape index (κ3) is 12.6. The van der Waals surface area contributed by atoms with E-state index in [1.54, 1.807) is 53.7 Å². The van der Waals surface area contributed by atoms with Crippen LogP contribution in [0.15, 0.2) is 35.5 Å². The molecule has 6 bridgehead atoms. The average Bonchev–Trinajstić information content (AvgIpc) is 3.19. The van der Waals surface area contributed by atoms with Gasteiger partial charge in [-0.3, -0.25) is 14.4 Å². The molecular weight excluding hydrogens is 836 g/mol. The second-order valence-corrected chi connectivity index (χ2v) is 19.7. The predicted molar refractivity (Wildman–Crippen MR) is 229 cm³/mol. The number of aliphatic hydroxyl groups excluding tert-OH is 2. The third-order valence-corrected chi connectivity index (χ3v) is 12.8. The minimum absolute atomic E-state index is 0.000292. The van der Waals surface area contributed by atoms with E-state index in [1.807, 2.05) is 13.8 Å². The lowest BCUT2D eigenvalue weighted by Crippen LogP contribution is -2.63. The highest BCUT2D eigenvalue weighted by Crippen LogP contribution is 2.52. The van der Waals surface area contributed by atoms with Crippen molar-refractivity contribution in [1.82, 2.24) is 0 Å². The normalized spacial score (nSPS) is 35.8. The van der Waals surface area contributed by atoms with Crippen LogP contribution < -0.4 is 0 Å².